The fourth-order valence-electron chi connectivity index (χ4n) is 3.93. The number of ether oxygens (including phenoxy) is 3. The van der Waals surface area contributed by atoms with Crippen LogP contribution < -0.4 is 0 Å². The van der Waals surface area contributed by atoms with E-state index in [9.17, 15) is 14.4 Å². The first kappa shape index (κ1) is 33.0. The summed E-state index contributed by atoms with van der Waals surface area (Å²) in [4.78, 5) is 38.8. The van der Waals surface area contributed by atoms with Gasteiger partial charge in [-0.25, -0.2) is 0 Å². The van der Waals surface area contributed by atoms with Crippen LogP contribution in [-0.4, -0.2) is 41.4 Å². The fourth-order valence-corrected chi connectivity index (χ4v) is 3.93. The third-order valence-corrected chi connectivity index (χ3v) is 7.06. The molecule has 0 saturated carbocycles. The highest BCUT2D eigenvalue weighted by Gasteiger charge is 2.46. The normalized spacial score (nSPS) is 14.7. The number of benzene rings is 1. The van der Waals surface area contributed by atoms with Crippen LogP contribution >= 0.6 is 0 Å². The van der Waals surface area contributed by atoms with Gasteiger partial charge in [-0.2, -0.15) is 0 Å². The molecule has 0 aliphatic heterocycles. The Balaban J connectivity index is 2.87. The molecule has 0 heterocycles. The zero-order chi connectivity index (χ0) is 28.7. The lowest BCUT2D eigenvalue weighted by atomic mass is 9.72. The molecule has 6 nitrogen and oxygen atoms in total. The van der Waals surface area contributed by atoms with Crippen molar-refractivity contribution in [2.24, 2.45) is 16.7 Å². The van der Waals surface area contributed by atoms with Gasteiger partial charge >= 0.3 is 5.97 Å². The van der Waals surface area contributed by atoms with E-state index < -0.39 is 34.1 Å². The van der Waals surface area contributed by atoms with E-state index in [0.29, 0.717) is 19.3 Å². The van der Waals surface area contributed by atoms with E-state index in [1.165, 1.54) is 0 Å². The SMILES string of the molecule is CC(OC(C)(C)C)C(=O)C(C)(C)C(C)(C)OCCC(CCC(=O)C(C)(C)C)C(=O)OCc1ccccc1. The number of hydrogen-bond acceptors (Lipinski definition) is 6. The largest absolute Gasteiger partial charge is 0.461 e. The second-order valence-corrected chi connectivity index (χ2v) is 13.0. The molecule has 1 rings (SSSR count). The van der Waals surface area contributed by atoms with Crippen LogP contribution in [0.2, 0.25) is 0 Å². The standard InChI is InChI=1S/C31H50O6/c1-22(37-29(5,6)7)26(33)30(8,9)31(10,11)36-20-19-24(17-18-25(32)28(2,3)4)27(34)35-21-23-15-13-12-14-16-23/h12-16,22,24H,17-21H2,1-11H3. The highest BCUT2D eigenvalue weighted by Crippen LogP contribution is 2.37. The van der Waals surface area contributed by atoms with E-state index in [-0.39, 0.29) is 30.7 Å². The maximum atomic E-state index is 13.3. The Bertz CT molecular complexity index is 887. The van der Waals surface area contributed by atoms with Crippen LogP contribution in [0.3, 0.4) is 0 Å². The lowest BCUT2D eigenvalue weighted by molar-refractivity contribution is -0.168. The molecule has 0 spiro atoms. The number of Topliss-reactive ketones (excluding diaryl/α,β-unsaturated/α-hetero) is 2. The zero-order valence-electron chi connectivity index (χ0n) is 25.0. The molecule has 0 saturated heterocycles. The molecule has 0 amide bonds. The van der Waals surface area contributed by atoms with Crippen LogP contribution in [0, 0.1) is 16.7 Å². The van der Waals surface area contributed by atoms with Gasteiger partial charge in [0.25, 0.3) is 0 Å². The van der Waals surface area contributed by atoms with Crippen molar-refractivity contribution in [1.82, 2.24) is 0 Å². The molecule has 2 atom stereocenters. The number of hydrogen-bond donors (Lipinski definition) is 0. The van der Waals surface area contributed by atoms with Crippen molar-refractivity contribution in [3.63, 3.8) is 0 Å². The van der Waals surface area contributed by atoms with Crippen molar-refractivity contribution in [2.75, 3.05) is 6.61 Å². The molecule has 0 bridgehead atoms. The summed E-state index contributed by atoms with van der Waals surface area (Å²) in [6, 6.07) is 9.51. The van der Waals surface area contributed by atoms with E-state index >= 15 is 0 Å². The first-order chi connectivity index (χ1) is 16.8. The summed E-state index contributed by atoms with van der Waals surface area (Å²) in [5.74, 6) is -0.751. The Morgan fingerprint density at radius 2 is 1.41 bits per heavy atom. The Kier molecular flexibility index (Phi) is 11.7. The van der Waals surface area contributed by atoms with Gasteiger partial charge in [0.2, 0.25) is 0 Å². The number of rotatable bonds is 14. The minimum absolute atomic E-state index is 0.0398. The Morgan fingerprint density at radius 3 is 1.92 bits per heavy atom. The van der Waals surface area contributed by atoms with Crippen molar-refractivity contribution >= 4 is 17.5 Å². The molecule has 1 aromatic carbocycles. The van der Waals surface area contributed by atoms with Gasteiger partial charge in [-0.1, -0.05) is 65.0 Å². The molecule has 6 heteroatoms. The van der Waals surface area contributed by atoms with Crippen molar-refractivity contribution in [1.29, 1.82) is 0 Å². The molecule has 0 radical (unpaired) electrons. The maximum absolute atomic E-state index is 13.3. The van der Waals surface area contributed by atoms with Gasteiger partial charge in [-0.05, 0) is 59.9 Å². The topological polar surface area (TPSA) is 78.9 Å². The van der Waals surface area contributed by atoms with Crippen molar-refractivity contribution < 1.29 is 28.6 Å². The summed E-state index contributed by atoms with van der Waals surface area (Å²) in [5.41, 5.74) is -1.63. The fraction of sp³-hybridized carbons (Fsp3) is 0.710. The van der Waals surface area contributed by atoms with Gasteiger partial charge < -0.3 is 14.2 Å². The molecular formula is C31H50O6. The highest BCUT2D eigenvalue weighted by molar-refractivity contribution is 5.89. The monoisotopic (exact) mass is 518 g/mol. The van der Waals surface area contributed by atoms with E-state index in [2.05, 4.69) is 0 Å². The molecule has 0 N–H and O–H groups in total. The van der Waals surface area contributed by atoms with Crippen LogP contribution in [0.15, 0.2) is 30.3 Å². The number of carbonyl (C=O) groups is 3. The molecule has 210 valence electrons. The Labute approximate surface area is 224 Å². The van der Waals surface area contributed by atoms with Gasteiger partial charge in [0, 0.05) is 18.4 Å². The van der Waals surface area contributed by atoms with Gasteiger partial charge in [0.1, 0.15) is 18.5 Å². The average Bonchev–Trinajstić information content (AvgIpc) is 2.77. The number of esters is 1. The number of carbonyl (C=O) groups excluding carboxylic acids is 3. The van der Waals surface area contributed by atoms with E-state index in [0.717, 1.165) is 5.56 Å². The summed E-state index contributed by atoms with van der Waals surface area (Å²) < 4.78 is 17.7. The van der Waals surface area contributed by atoms with Crippen LogP contribution in [0.5, 0.6) is 0 Å². The van der Waals surface area contributed by atoms with Crippen molar-refractivity contribution in [3.05, 3.63) is 35.9 Å². The molecule has 0 aliphatic carbocycles. The summed E-state index contributed by atoms with van der Waals surface area (Å²) >= 11 is 0. The van der Waals surface area contributed by atoms with Crippen LogP contribution in [0.1, 0.15) is 101 Å². The Morgan fingerprint density at radius 1 is 0.838 bits per heavy atom. The van der Waals surface area contributed by atoms with E-state index in [1.807, 2.05) is 99.6 Å². The van der Waals surface area contributed by atoms with Gasteiger partial charge in [-0.3, -0.25) is 14.4 Å². The average molecular weight is 519 g/mol. The molecule has 0 fully saturated rings. The molecule has 0 aromatic heterocycles. The second kappa shape index (κ2) is 13.1. The van der Waals surface area contributed by atoms with Crippen LogP contribution in [0.4, 0.5) is 0 Å². The van der Waals surface area contributed by atoms with Gasteiger partial charge in [0.15, 0.2) is 5.78 Å². The third-order valence-electron chi connectivity index (χ3n) is 7.06. The quantitative estimate of drug-likeness (QED) is 0.254. The molecule has 37 heavy (non-hydrogen) atoms. The minimum Gasteiger partial charge on any atom is -0.461 e. The number of ketones is 2. The van der Waals surface area contributed by atoms with Gasteiger partial charge in [-0.15, -0.1) is 0 Å². The molecule has 1 aromatic rings. The van der Waals surface area contributed by atoms with Gasteiger partial charge in [0.05, 0.1) is 22.5 Å². The lowest BCUT2D eigenvalue weighted by Crippen LogP contribution is -2.51. The second-order valence-electron chi connectivity index (χ2n) is 13.0. The lowest BCUT2D eigenvalue weighted by Gasteiger charge is -2.42. The maximum Gasteiger partial charge on any atom is 0.309 e. The summed E-state index contributed by atoms with van der Waals surface area (Å²) in [6.07, 6.45) is 0.505. The van der Waals surface area contributed by atoms with E-state index in [1.54, 1.807) is 6.92 Å². The summed E-state index contributed by atoms with van der Waals surface area (Å²) in [6.45, 7) is 21.1. The predicted octanol–water partition coefficient (Wildman–Crippen LogP) is 6.73. The molecular weight excluding hydrogens is 468 g/mol. The van der Waals surface area contributed by atoms with Crippen LogP contribution in [-0.2, 0) is 35.2 Å². The Hall–Kier alpha value is -2.05. The third kappa shape index (κ3) is 10.7. The molecule has 2 unspecified atom stereocenters. The van der Waals surface area contributed by atoms with Crippen molar-refractivity contribution in [3.8, 4) is 0 Å². The minimum atomic E-state index is -0.830. The predicted molar refractivity (Wildman–Crippen MR) is 147 cm³/mol. The summed E-state index contributed by atoms with van der Waals surface area (Å²) in [7, 11) is 0. The first-order valence-corrected chi connectivity index (χ1v) is 13.4. The zero-order valence-corrected chi connectivity index (χ0v) is 25.0. The van der Waals surface area contributed by atoms with E-state index in [4.69, 9.17) is 14.2 Å². The highest BCUT2D eigenvalue weighted by atomic mass is 16.5. The molecule has 0 aliphatic rings. The smallest absolute Gasteiger partial charge is 0.309 e. The van der Waals surface area contributed by atoms with Crippen LogP contribution in [0.25, 0.3) is 0 Å². The summed E-state index contributed by atoms with van der Waals surface area (Å²) in [5, 5.41) is 0. The van der Waals surface area contributed by atoms with Crippen molar-refractivity contribution in [2.45, 2.75) is 119 Å². The first-order valence-electron chi connectivity index (χ1n) is 13.4.